The van der Waals surface area contributed by atoms with Crippen molar-refractivity contribution in [3.8, 4) is 0 Å². The van der Waals surface area contributed by atoms with E-state index < -0.39 is 4.92 Å². The Labute approximate surface area is 69.0 Å². The monoisotopic (exact) mass is 169 g/mol. The highest BCUT2D eigenvalue weighted by Gasteiger charge is 2.17. The third-order valence-corrected chi connectivity index (χ3v) is 1.62. The summed E-state index contributed by atoms with van der Waals surface area (Å²) in [6, 6.07) is 1.33. The van der Waals surface area contributed by atoms with Gasteiger partial charge in [0, 0.05) is 11.7 Å². The second-order valence-electron chi connectivity index (χ2n) is 2.58. The summed E-state index contributed by atoms with van der Waals surface area (Å²) in [5.74, 6) is 0. The molecular formula is C7H9N2O3+. The molecule has 0 spiro atoms. The Kier molecular flexibility index (Phi) is 1.95. The molecule has 1 rings (SSSR count). The van der Waals surface area contributed by atoms with Gasteiger partial charge < -0.3 is 0 Å². The Morgan fingerprint density at radius 1 is 1.58 bits per heavy atom. The van der Waals surface area contributed by atoms with Crippen LogP contribution in [0.2, 0.25) is 0 Å². The van der Waals surface area contributed by atoms with E-state index in [9.17, 15) is 10.1 Å². The first-order valence-electron chi connectivity index (χ1n) is 3.39. The standard InChI is InChI=1S/C7H9N2O3/c1-5-4-8(10)6(2)3-7(5)9(11)12/h3-4,10H,1-2H3/q+1. The van der Waals surface area contributed by atoms with Crippen LogP contribution < -0.4 is 4.73 Å². The predicted molar refractivity (Wildman–Crippen MR) is 39.9 cm³/mol. The van der Waals surface area contributed by atoms with Crippen LogP contribution in [0.3, 0.4) is 0 Å². The van der Waals surface area contributed by atoms with E-state index in [-0.39, 0.29) is 5.69 Å². The Hall–Kier alpha value is -1.65. The minimum atomic E-state index is -0.470. The van der Waals surface area contributed by atoms with Crippen LogP contribution in [0, 0.1) is 24.0 Å². The van der Waals surface area contributed by atoms with E-state index >= 15 is 0 Å². The van der Waals surface area contributed by atoms with Crippen LogP contribution in [-0.2, 0) is 0 Å². The lowest BCUT2D eigenvalue weighted by atomic mass is 10.2. The highest BCUT2D eigenvalue weighted by Crippen LogP contribution is 2.15. The molecule has 0 aliphatic heterocycles. The molecule has 0 aliphatic carbocycles. The Bertz CT molecular complexity index is 336. The summed E-state index contributed by atoms with van der Waals surface area (Å²) < 4.78 is 0.863. The van der Waals surface area contributed by atoms with Crippen molar-refractivity contribution in [1.29, 1.82) is 0 Å². The SMILES string of the molecule is Cc1c[n+](O)c(C)cc1[N+](=O)[O-]. The lowest BCUT2D eigenvalue weighted by molar-refractivity contribution is -0.909. The molecule has 0 atom stereocenters. The number of nitrogens with zero attached hydrogens (tertiary/aromatic N) is 2. The summed E-state index contributed by atoms with van der Waals surface area (Å²) in [5.41, 5.74) is 0.901. The number of aryl methyl sites for hydroxylation is 2. The largest absolute Gasteiger partial charge is 0.285 e. The molecule has 1 aromatic rings. The average molecular weight is 169 g/mol. The second-order valence-corrected chi connectivity index (χ2v) is 2.58. The summed E-state index contributed by atoms with van der Waals surface area (Å²) in [6.07, 6.45) is 1.31. The van der Waals surface area contributed by atoms with Crippen molar-refractivity contribution in [3.63, 3.8) is 0 Å². The molecule has 0 aliphatic rings. The smallest absolute Gasteiger partial charge is 0.284 e. The van der Waals surface area contributed by atoms with Gasteiger partial charge in [-0.3, -0.25) is 15.3 Å². The average Bonchev–Trinajstić information content (AvgIpc) is 1.96. The van der Waals surface area contributed by atoms with Gasteiger partial charge in [0.15, 0.2) is 0 Å². The second kappa shape index (κ2) is 2.77. The molecule has 12 heavy (non-hydrogen) atoms. The Morgan fingerprint density at radius 2 is 2.17 bits per heavy atom. The van der Waals surface area contributed by atoms with Gasteiger partial charge >= 0.3 is 0 Å². The number of rotatable bonds is 1. The molecule has 1 aromatic heterocycles. The van der Waals surface area contributed by atoms with Crippen molar-refractivity contribution in [2.75, 3.05) is 0 Å². The van der Waals surface area contributed by atoms with Gasteiger partial charge in [-0.25, -0.2) is 0 Å². The van der Waals surface area contributed by atoms with Crippen molar-refractivity contribution in [1.82, 2.24) is 0 Å². The maximum absolute atomic E-state index is 10.4. The molecule has 5 nitrogen and oxygen atoms in total. The molecule has 64 valence electrons. The quantitative estimate of drug-likeness (QED) is 0.292. The zero-order valence-corrected chi connectivity index (χ0v) is 6.81. The van der Waals surface area contributed by atoms with E-state index in [0.717, 1.165) is 4.73 Å². The van der Waals surface area contributed by atoms with Crippen molar-refractivity contribution >= 4 is 5.69 Å². The molecule has 0 aromatic carbocycles. The van der Waals surface area contributed by atoms with E-state index in [1.165, 1.54) is 12.3 Å². The van der Waals surface area contributed by atoms with Gasteiger partial charge in [0.05, 0.1) is 16.6 Å². The van der Waals surface area contributed by atoms with E-state index in [2.05, 4.69) is 0 Å². The molecule has 0 fully saturated rings. The molecule has 0 radical (unpaired) electrons. The molecule has 1 N–H and O–H groups in total. The first-order valence-corrected chi connectivity index (χ1v) is 3.39. The van der Waals surface area contributed by atoms with Crippen molar-refractivity contribution in [3.05, 3.63) is 33.6 Å². The molecule has 0 bridgehead atoms. The summed E-state index contributed by atoms with van der Waals surface area (Å²) in [7, 11) is 0. The first kappa shape index (κ1) is 8.45. The molecule has 0 amide bonds. The van der Waals surface area contributed by atoms with Crippen molar-refractivity contribution in [2.45, 2.75) is 13.8 Å². The zero-order chi connectivity index (χ0) is 9.30. The van der Waals surface area contributed by atoms with Crippen LogP contribution >= 0.6 is 0 Å². The van der Waals surface area contributed by atoms with E-state index in [1.54, 1.807) is 13.8 Å². The zero-order valence-electron chi connectivity index (χ0n) is 6.81. The van der Waals surface area contributed by atoms with Crippen molar-refractivity contribution < 1.29 is 14.9 Å². The van der Waals surface area contributed by atoms with Crippen LogP contribution in [0.25, 0.3) is 0 Å². The highest BCUT2D eigenvalue weighted by atomic mass is 16.6. The molecule has 0 unspecified atom stereocenters. The topological polar surface area (TPSA) is 67.2 Å². The predicted octanol–water partition coefficient (Wildman–Crippen LogP) is 0.736. The minimum Gasteiger partial charge on any atom is -0.285 e. The van der Waals surface area contributed by atoms with Crippen LogP contribution in [-0.4, -0.2) is 10.1 Å². The van der Waals surface area contributed by atoms with E-state index in [0.29, 0.717) is 11.3 Å². The third-order valence-electron chi connectivity index (χ3n) is 1.62. The molecular weight excluding hydrogens is 160 g/mol. The third kappa shape index (κ3) is 1.34. The van der Waals surface area contributed by atoms with Gasteiger partial charge in [-0.05, 0) is 6.92 Å². The van der Waals surface area contributed by atoms with Crippen molar-refractivity contribution in [2.24, 2.45) is 0 Å². The number of hydrogen-bond acceptors (Lipinski definition) is 3. The Balaban J connectivity index is 3.33. The van der Waals surface area contributed by atoms with Crippen LogP contribution in [0.5, 0.6) is 0 Å². The summed E-state index contributed by atoms with van der Waals surface area (Å²) >= 11 is 0. The maximum Gasteiger partial charge on any atom is 0.284 e. The molecule has 0 saturated carbocycles. The fourth-order valence-corrected chi connectivity index (χ4v) is 0.926. The number of aromatic nitrogens is 1. The summed E-state index contributed by atoms with van der Waals surface area (Å²) in [6.45, 7) is 3.16. The minimum absolute atomic E-state index is 0.0257. The Morgan fingerprint density at radius 3 is 2.67 bits per heavy atom. The maximum atomic E-state index is 10.4. The number of nitro groups is 1. The van der Waals surface area contributed by atoms with Crippen LogP contribution in [0.1, 0.15) is 11.3 Å². The van der Waals surface area contributed by atoms with Crippen LogP contribution in [0.4, 0.5) is 5.69 Å². The van der Waals surface area contributed by atoms with Gasteiger partial charge in [-0.1, -0.05) is 0 Å². The first-order chi connectivity index (χ1) is 5.52. The molecule has 1 heterocycles. The van der Waals surface area contributed by atoms with Gasteiger partial charge in [-0.15, -0.1) is 0 Å². The highest BCUT2D eigenvalue weighted by molar-refractivity contribution is 5.36. The summed E-state index contributed by atoms with van der Waals surface area (Å²) in [5, 5.41) is 19.5. The fourth-order valence-electron chi connectivity index (χ4n) is 0.926. The molecule has 0 saturated heterocycles. The lowest BCUT2D eigenvalue weighted by Gasteiger charge is -1.94. The van der Waals surface area contributed by atoms with E-state index in [1.807, 2.05) is 0 Å². The summed E-state index contributed by atoms with van der Waals surface area (Å²) in [4.78, 5) is 9.93. The van der Waals surface area contributed by atoms with Gasteiger partial charge in [-0.2, -0.15) is 0 Å². The van der Waals surface area contributed by atoms with Gasteiger partial charge in [0.2, 0.25) is 11.9 Å². The molecule has 5 heteroatoms. The lowest BCUT2D eigenvalue weighted by Crippen LogP contribution is -2.33. The van der Waals surface area contributed by atoms with Gasteiger partial charge in [0.25, 0.3) is 5.69 Å². The number of pyridine rings is 1. The normalized spacial score (nSPS) is 9.83. The fraction of sp³-hybridized carbons (Fsp3) is 0.286. The van der Waals surface area contributed by atoms with E-state index in [4.69, 9.17) is 5.21 Å². The van der Waals surface area contributed by atoms with Crippen LogP contribution in [0.15, 0.2) is 12.3 Å². The van der Waals surface area contributed by atoms with Gasteiger partial charge in [0.1, 0.15) is 0 Å². The number of hydrogen-bond donors (Lipinski definition) is 1.